The number of hydrazone groups is 1. The van der Waals surface area contributed by atoms with E-state index in [2.05, 4.69) is 15.5 Å². The standard InChI is InChI=1S/C18H15N3O/c22-18(21-20-13-17-7-4-12-19-17)16-10-8-15(9-11-16)14-5-2-1-3-6-14/h1-13,19H,(H,21,22). The van der Waals surface area contributed by atoms with E-state index in [1.54, 1.807) is 24.5 Å². The van der Waals surface area contributed by atoms with Gasteiger partial charge in [0.25, 0.3) is 5.91 Å². The summed E-state index contributed by atoms with van der Waals surface area (Å²) in [6.45, 7) is 0. The number of aromatic nitrogens is 1. The molecule has 0 aliphatic carbocycles. The molecule has 0 bridgehead atoms. The number of benzene rings is 2. The zero-order valence-electron chi connectivity index (χ0n) is 11.9. The van der Waals surface area contributed by atoms with Crippen molar-refractivity contribution >= 4 is 12.1 Å². The largest absolute Gasteiger partial charge is 0.360 e. The smallest absolute Gasteiger partial charge is 0.271 e. The topological polar surface area (TPSA) is 57.2 Å². The van der Waals surface area contributed by atoms with Crippen LogP contribution < -0.4 is 5.43 Å². The number of amides is 1. The van der Waals surface area contributed by atoms with Gasteiger partial charge in [-0.15, -0.1) is 0 Å². The minimum atomic E-state index is -0.234. The number of nitrogens with one attached hydrogen (secondary N) is 2. The maximum atomic E-state index is 12.0. The van der Waals surface area contributed by atoms with Crippen molar-refractivity contribution in [2.45, 2.75) is 0 Å². The molecule has 3 rings (SSSR count). The van der Waals surface area contributed by atoms with Crippen molar-refractivity contribution in [3.8, 4) is 11.1 Å². The van der Waals surface area contributed by atoms with Gasteiger partial charge in [-0.3, -0.25) is 4.79 Å². The monoisotopic (exact) mass is 289 g/mol. The Morgan fingerprint density at radius 2 is 1.64 bits per heavy atom. The van der Waals surface area contributed by atoms with Gasteiger partial charge in [0.1, 0.15) is 0 Å². The quantitative estimate of drug-likeness (QED) is 0.561. The molecule has 0 spiro atoms. The molecule has 0 saturated heterocycles. The summed E-state index contributed by atoms with van der Waals surface area (Å²) in [7, 11) is 0. The summed E-state index contributed by atoms with van der Waals surface area (Å²) in [5, 5.41) is 3.91. The Balaban J connectivity index is 1.66. The first-order chi connectivity index (χ1) is 10.8. The van der Waals surface area contributed by atoms with Crippen molar-refractivity contribution in [2.75, 3.05) is 0 Å². The Kier molecular flexibility index (Phi) is 4.11. The van der Waals surface area contributed by atoms with Gasteiger partial charge in [0.05, 0.1) is 11.9 Å². The Bertz CT molecular complexity index is 760. The normalized spacial score (nSPS) is 10.7. The molecule has 0 saturated carbocycles. The zero-order valence-corrected chi connectivity index (χ0v) is 11.9. The number of rotatable bonds is 4. The Labute approximate surface area is 128 Å². The van der Waals surface area contributed by atoms with Crippen LogP contribution in [0.4, 0.5) is 0 Å². The number of carbonyl (C=O) groups excluding carboxylic acids is 1. The van der Waals surface area contributed by atoms with Crippen LogP contribution in [0.3, 0.4) is 0 Å². The third-order valence-corrected chi connectivity index (χ3v) is 3.25. The minimum Gasteiger partial charge on any atom is -0.360 e. The number of aromatic amines is 1. The first kappa shape index (κ1) is 13.8. The lowest BCUT2D eigenvalue weighted by atomic mass is 10.0. The van der Waals surface area contributed by atoms with Gasteiger partial charge < -0.3 is 4.98 Å². The molecule has 2 N–H and O–H groups in total. The third-order valence-electron chi connectivity index (χ3n) is 3.25. The second-order valence-corrected chi connectivity index (χ2v) is 4.77. The Hall–Kier alpha value is -3.14. The molecule has 4 heteroatoms. The van der Waals surface area contributed by atoms with Crippen LogP contribution in [0, 0.1) is 0 Å². The summed E-state index contributed by atoms with van der Waals surface area (Å²) < 4.78 is 0. The summed E-state index contributed by atoms with van der Waals surface area (Å²) >= 11 is 0. The summed E-state index contributed by atoms with van der Waals surface area (Å²) in [6, 6.07) is 21.2. The van der Waals surface area contributed by atoms with Gasteiger partial charge in [-0.25, -0.2) is 5.43 Å². The van der Waals surface area contributed by atoms with Crippen LogP contribution in [0.15, 0.2) is 78.0 Å². The van der Waals surface area contributed by atoms with Gasteiger partial charge in [-0.2, -0.15) is 5.10 Å². The van der Waals surface area contributed by atoms with Crippen molar-refractivity contribution in [3.63, 3.8) is 0 Å². The van der Waals surface area contributed by atoms with Crippen molar-refractivity contribution < 1.29 is 4.79 Å². The summed E-state index contributed by atoms with van der Waals surface area (Å²) in [5.41, 5.74) is 6.11. The average Bonchev–Trinajstić information content (AvgIpc) is 3.09. The number of hydrogen-bond donors (Lipinski definition) is 2. The lowest BCUT2D eigenvalue weighted by molar-refractivity contribution is 0.0955. The molecule has 0 unspecified atom stereocenters. The molecule has 0 radical (unpaired) electrons. The first-order valence-electron chi connectivity index (χ1n) is 6.95. The van der Waals surface area contributed by atoms with Gasteiger partial charge in [-0.1, -0.05) is 42.5 Å². The predicted molar refractivity (Wildman–Crippen MR) is 87.7 cm³/mol. The van der Waals surface area contributed by atoms with E-state index in [4.69, 9.17) is 0 Å². The molecule has 0 atom stereocenters. The number of hydrogen-bond acceptors (Lipinski definition) is 2. The highest BCUT2D eigenvalue weighted by molar-refractivity contribution is 5.95. The molecular weight excluding hydrogens is 274 g/mol. The molecule has 3 aromatic rings. The fourth-order valence-corrected chi connectivity index (χ4v) is 2.09. The minimum absolute atomic E-state index is 0.234. The number of nitrogens with zero attached hydrogens (tertiary/aromatic N) is 1. The van der Waals surface area contributed by atoms with E-state index < -0.39 is 0 Å². The number of carbonyl (C=O) groups is 1. The second-order valence-electron chi connectivity index (χ2n) is 4.77. The van der Waals surface area contributed by atoms with Crippen LogP contribution in [0.5, 0.6) is 0 Å². The highest BCUT2D eigenvalue weighted by atomic mass is 16.2. The van der Waals surface area contributed by atoms with Crippen LogP contribution in [-0.2, 0) is 0 Å². The number of H-pyrrole nitrogens is 1. The maximum absolute atomic E-state index is 12.0. The molecule has 4 nitrogen and oxygen atoms in total. The molecule has 1 heterocycles. The van der Waals surface area contributed by atoms with Crippen LogP contribution >= 0.6 is 0 Å². The van der Waals surface area contributed by atoms with Crippen LogP contribution in [0.25, 0.3) is 11.1 Å². The van der Waals surface area contributed by atoms with E-state index in [9.17, 15) is 4.79 Å². The molecule has 0 aliphatic heterocycles. The van der Waals surface area contributed by atoms with Crippen LogP contribution in [-0.4, -0.2) is 17.1 Å². The summed E-state index contributed by atoms with van der Waals surface area (Å²) in [4.78, 5) is 15.0. The fourth-order valence-electron chi connectivity index (χ4n) is 2.09. The summed E-state index contributed by atoms with van der Waals surface area (Å²) in [6.07, 6.45) is 3.36. The molecule has 0 fully saturated rings. The van der Waals surface area contributed by atoms with E-state index in [1.165, 1.54) is 0 Å². The van der Waals surface area contributed by atoms with Gasteiger partial charge in [-0.05, 0) is 35.4 Å². The highest BCUT2D eigenvalue weighted by Crippen LogP contribution is 2.19. The van der Waals surface area contributed by atoms with E-state index in [0.29, 0.717) is 5.56 Å². The van der Waals surface area contributed by atoms with Crippen LogP contribution in [0.2, 0.25) is 0 Å². The van der Waals surface area contributed by atoms with E-state index in [1.807, 2.05) is 54.6 Å². The molecule has 0 aliphatic rings. The molecular formula is C18H15N3O. The third kappa shape index (κ3) is 3.30. The van der Waals surface area contributed by atoms with Gasteiger partial charge in [0.2, 0.25) is 0 Å². The Morgan fingerprint density at radius 1 is 0.909 bits per heavy atom. The average molecular weight is 289 g/mol. The van der Waals surface area contributed by atoms with Crippen molar-refractivity contribution in [2.24, 2.45) is 5.10 Å². The van der Waals surface area contributed by atoms with E-state index in [0.717, 1.165) is 16.8 Å². The predicted octanol–water partition coefficient (Wildman–Crippen LogP) is 3.45. The van der Waals surface area contributed by atoms with Gasteiger partial charge in [0.15, 0.2) is 0 Å². The summed E-state index contributed by atoms with van der Waals surface area (Å²) in [5.74, 6) is -0.234. The van der Waals surface area contributed by atoms with Crippen molar-refractivity contribution in [1.29, 1.82) is 0 Å². The van der Waals surface area contributed by atoms with Crippen molar-refractivity contribution in [1.82, 2.24) is 10.4 Å². The van der Waals surface area contributed by atoms with Gasteiger partial charge in [0, 0.05) is 11.8 Å². The van der Waals surface area contributed by atoms with E-state index in [-0.39, 0.29) is 5.91 Å². The molecule has 2 aromatic carbocycles. The lowest BCUT2D eigenvalue weighted by Crippen LogP contribution is -2.17. The maximum Gasteiger partial charge on any atom is 0.271 e. The molecule has 1 aromatic heterocycles. The molecule has 1 amide bonds. The second kappa shape index (κ2) is 6.54. The SMILES string of the molecule is O=C(NN=Cc1ccc[nH]1)c1ccc(-c2ccccc2)cc1. The molecule has 108 valence electrons. The first-order valence-corrected chi connectivity index (χ1v) is 6.95. The zero-order chi connectivity index (χ0) is 15.2. The van der Waals surface area contributed by atoms with E-state index >= 15 is 0 Å². The fraction of sp³-hybridized carbons (Fsp3) is 0. The molecule has 22 heavy (non-hydrogen) atoms. The van der Waals surface area contributed by atoms with Crippen molar-refractivity contribution in [3.05, 3.63) is 84.2 Å². The van der Waals surface area contributed by atoms with Gasteiger partial charge >= 0.3 is 0 Å². The highest BCUT2D eigenvalue weighted by Gasteiger charge is 2.04. The Morgan fingerprint density at radius 3 is 2.32 bits per heavy atom. The van der Waals surface area contributed by atoms with Crippen LogP contribution in [0.1, 0.15) is 16.1 Å². The lowest BCUT2D eigenvalue weighted by Gasteiger charge is -2.03.